The lowest BCUT2D eigenvalue weighted by Gasteiger charge is -2.13. The van der Waals surface area contributed by atoms with E-state index in [0.717, 1.165) is 11.1 Å². The van der Waals surface area contributed by atoms with Gasteiger partial charge in [-0.25, -0.2) is 0 Å². The van der Waals surface area contributed by atoms with Gasteiger partial charge in [-0.3, -0.25) is 5.43 Å². The first-order chi connectivity index (χ1) is 12.7. The average molecular weight is 365 g/mol. The number of nitrogens with two attached hydrogens (primary N) is 1. The molecule has 0 heterocycles. The number of benzene rings is 3. The van der Waals surface area contributed by atoms with E-state index in [4.69, 9.17) is 27.4 Å². The Labute approximate surface area is 157 Å². The zero-order valence-electron chi connectivity index (χ0n) is 14.3. The van der Waals surface area contributed by atoms with Crippen LogP contribution in [0.15, 0.2) is 65.8 Å². The molecule has 3 aromatic rings. The average Bonchev–Trinajstić information content (AvgIpc) is 2.66. The number of ether oxygens (including phenoxy) is 2. The molecule has 0 aliphatic heterocycles. The number of fused-ring (bicyclic) bond motifs is 1. The first-order valence-electron chi connectivity index (χ1n) is 8.03. The Kier molecular flexibility index (Phi) is 5.66. The number of hydrogen-bond donors (Lipinski definition) is 2. The first kappa shape index (κ1) is 17.7. The molecule has 0 fully saturated rings. The van der Waals surface area contributed by atoms with Crippen LogP contribution in [-0.2, 0) is 6.61 Å². The van der Waals surface area contributed by atoms with Gasteiger partial charge < -0.3 is 15.2 Å². The van der Waals surface area contributed by atoms with Gasteiger partial charge in [0.25, 0.3) is 0 Å². The molecule has 0 atom stereocenters. The molecule has 0 unspecified atom stereocenters. The topological polar surface area (TPSA) is 68.9 Å². The molecule has 0 amide bonds. The van der Waals surface area contributed by atoms with Crippen LogP contribution >= 0.6 is 12.2 Å². The van der Waals surface area contributed by atoms with Crippen molar-refractivity contribution >= 4 is 34.3 Å². The largest absolute Gasteiger partial charge is 0.493 e. The Balaban J connectivity index is 1.81. The van der Waals surface area contributed by atoms with Gasteiger partial charge in [-0.1, -0.05) is 42.5 Å². The standard InChI is InChI=1S/C20H19N3O2S/c1-24-18-10-9-14(12-22-23-20(21)26)11-19(18)25-13-16-7-4-6-15-5-2-3-8-17(15)16/h2-12H,13H2,1H3,(H3,21,23,26). The van der Waals surface area contributed by atoms with Crippen LogP contribution in [-0.4, -0.2) is 18.4 Å². The van der Waals surface area contributed by atoms with E-state index in [-0.39, 0.29) is 5.11 Å². The third-order valence-electron chi connectivity index (χ3n) is 3.84. The summed E-state index contributed by atoms with van der Waals surface area (Å²) in [6.45, 7) is 0.434. The van der Waals surface area contributed by atoms with Crippen LogP contribution < -0.4 is 20.6 Å². The third-order valence-corrected chi connectivity index (χ3v) is 3.93. The molecular formula is C20H19N3O2S. The van der Waals surface area contributed by atoms with Crippen molar-refractivity contribution in [3.63, 3.8) is 0 Å². The van der Waals surface area contributed by atoms with Crippen LogP contribution in [0.1, 0.15) is 11.1 Å². The lowest BCUT2D eigenvalue weighted by atomic mass is 10.1. The highest BCUT2D eigenvalue weighted by atomic mass is 32.1. The van der Waals surface area contributed by atoms with Crippen molar-refractivity contribution in [1.29, 1.82) is 0 Å². The number of hydrogen-bond acceptors (Lipinski definition) is 4. The van der Waals surface area contributed by atoms with E-state index in [1.54, 1.807) is 13.3 Å². The minimum atomic E-state index is 0.113. The molecule has 3 N–H and O–H groups in total. The molecule has 132 valence electrons. The number of nitrogens with one attached hydrogen (secondary N) is 1. The van der Waals surface area contributed by atoms with E-state index in [1.165, 1.54) is 10.8 Å². The van der Waals surface area contributed by atoms with Gasteiger partial charge in [0, 0.05) is 0 Å². The van der Waals surface area contributed by atoms with Crippen molar-refractivity contribution in [3.8, 4) is 11.5 Å². The number of methoxy groups -OCH3 is 1. The quantitative estimate of drug-likeness (QED) is 0.397. The molecule has 0 saturated carbocycles. The summed E-state index contributed by atoms with van der Waals surface area (Å²) in [6, 6.07) is 20.0. The minimum absolute atomic E-state index is 0.113. The van der Waals surface area contributed by atoms with E-state index in [0.29, 0.717) is 18.1 Å². The SMILES string of the molecule is COc1ccc(C=NNC(N)=S)cc1OCc1cccc2ccccc12. The highest BCUT2D eigenvalue weighted by molar-refractivity contribution is 7.80. The molecule has 0 aliphatic rings. The summed E-state index contributed by atoms with van der Waals surface area (Å²) < 4.78 is 11.4. The maximum Gasteiger partial charge on any atom is 0.184 e. The predicted octanol–water partition coefficient (Wildman–Crippen LogP) is 3.59. The van der Waals surface area contributed by atoms with E-state index in [9.17, 15) is 0 Å². The fourth-order valence-electron chi connectivity index (χ4n) is 2.63. The van der Waals surface area contributed by atoms with E-state index < -0.39 is 0 Å². The Bertz CT molecular complexity index is 951. The highest BCUT2D eigenvalue weighted by Crippen LogP contribution is 2.29. The second-order valence-corrected chi connectivity index (χ2v) is 6.01. The second-order valence-electron chi connectivity index (χ2n) is 5.57. The van der Waals surface area contributed by atoms with Crippen molar-refractivity contribution in [2.75, 3.05) is 7.11 Å². The number of thiocarbonyl (C=S) groups is 1. The van der Waals surface area contributed by atoms with Crippen LogP contribution in [0.25, 0.3) is 10.8 Å². The van der Waals surface area contributed by atoms with Crippen LogP contribution in [0.5, 0.6) is 11.5 Å². The summed E-state index contributed by atoms with van der Waals surface area (Å²) >= 11 is 4.72. The Morgan fingerprint density at radius 3 is 2.73 bits per heavy atom. The predicted molar refractivity (Wildman–Crippen MR) is 109 cm³/mol. The lowest BCUT2D eigenvalue weighted by Crippen LogP contribution is -2.23. The lowest BCUT2D eigenvalue weighted by molar-refractivity contribution is 0.285. The highest BCUT2D eigenvalue weighted by Gasteiger charge is 2.07. The minimum Gasteiger partial charge on any atom is -0.493 e. The maximum atomic E-state index is 6.03. The maximum absolute atomic E-state index is 6.03. The molecule has 0 bridgehead atoms. The molecule has 26 heavy (non-hydrogen) atoms. The normalized spacial score (nSPS) is 10.8. The Morgan fingerprint density at radius 2 is 1.92 bits per heavy atom. The molecule has 0 saturated heterocycles. The Hall–Kier alpha value is -3.12. The fraction of sp³-hybridized carbons (Fsp3) is 0.100. The Morgan fingerprint density at radius 1 is 1.12 bits per heavy atom. The summed E-state index contributed by atoms with van der Waals surface area (Å²) in [6.07, 6.45) is 1.61. The smallest absolute Gasteiger partial charge is 0.184 e. The molecule has 3 aromatic carbocycles. The monoisotopic (exact) mass is 365 g/mol. The van der Waals surface area contributed by atoms with Crippen LogP contribution in [0.4, 0.5) is 0 Å². The van der Waals surface area contributed by atoms with Gasteiger partial charge >= 0.3 is 0 Å². The third kappa shape index (κ3) is 4.29. The van der Waals surface area contributed by atoms with E-state index in [1.807, 2.05) is 36.4 Å². The number of nitrogens with zero attached hydrogens (tertiary/aromatic N) is 1. The number of rotatable bonds is 6. The van der Waals surface area contributed by atoms with Crippen molar-refractivity contribution in [2.45, 2.75) is 6.61 Å². The second kappa shape index (κ2) is 8.31. The van der Waals surface area contributed by atoms with Crippen molar-refractivity contribution in [3.05, 3.63) is 71.8 Å². The van der Waals surface area contributed by atoms with Crippen LogP contribution in [0.3, 0.4) is 0 Å². The fourth-order valence-corrected chi connectivity index (χ4v) is 2.68. The van der Waals surface area contributed by atoms with E-state index in [2.05, 4.69) is 34.8 Å². The van der Waals surface area contributed by atoms with Gasteiger partial charge in [-0.15, -0.1) is 0 Å². The van der Waals surface area contributed by atoms with Gasteiger partial charge in [0.15, 0.2) is 16.6 Å². The first-order valence-corrected chi connectivity index (χ1v) is 8.44. The van der Waals surface area contributed by atoms with Crippen molar-refractivity contribution < 1.29 is 9.47 Å². The number of hydrazone groups is 1. The summed E-state index contributed by atoms with van der Waals surface area (Å²) in [5.74, 6) is 1.30. The molecule has 3 rings (SSSR count). The van der Waals surface area contributed by atoms with E-state index >= 15 is 0 Å². The van der Waals surface area contributed by atoms with Gasteiger partial charge in [0.2, 0.25) is 0 Å². The van der Waals surface area contributed by atoms with Gasteiger partial charge in [-0.05, 0) is 52.3 Å². The van der Waals surface area contributed by atoms with Crippen LogP contribution in [0.2, 0.25) is 0 Å². The summed E-state index contributed by atoms with van der Waals surface area (Å²) in [5, 5.41) is 6.43. The molecule has 0 aliphatic carbocycles. The van der Waals surface area contributed by atoms with Crippen LogP contribution in [0, 0.1) is 0 Å². The van der Waals surface area contributed by atoms with Gasteiger partial charge in [0.1, 0.15) is 6.61 Å². The van der Waals surface area contributed by atoms with Crippen molar-refractivity contribution in [1.82, 2.24) is 5.43 Å². The molecule has 0 spiro atoms. The van der Waals surface area contributed by atoms with Gasteiger partial charge in [-0.2, -0.15) is 5.10 Å². The molecule has 0 aromatic heterocycles. The molecule has 6 heteroatoms. The molecular weight excluding hydrogens is 346 g/mol. The van der Waals surface area contributed by atoms with Crippen molar-refractivity contribution in [2.24, 2.45) is 10.8 Å². The molecule has 5 nitrogen and oxygen atoms in total. The zero-order valence-corrected chi connectivity index (χ0v) is 15.1. The zero-order chi connectivity index (χ0) is 18.4. The summed E-state index contributed by atoms with van der Waals surface area (Å²) in [7, 11) is 1.61. The van der Waals surface area contributed by atoms with Gasteiger partial charge in [0.05, 0.1) is 13.3 Å². The summed E-state index contributed by atoms with van der Waals surface area (Å²) in [5.41, 5.74) is 9.82. The summed E-state index contributed by atoms with van der Waals surface area (Å²) in [4.78, 5) is 0. The molecule has 0 radical (unpaired) electrons.